The molecule has 2 fully saturated rings. The van der Waals surface area contributed by atoms with Crippen molar-refractivity contribution in [2.75, 3.05) is 13.7 Å². The predicted octanol–water partition coefficient (Wildman–Crippen LogP) is 2.58. The van der Waals surface area contributed by atoms with Crippen LogP contribution in [-0.4, -0.2) is 54.8 Å². The lowest BCUT2D eigenvalue weighted by Gasteiger charge is -2.47. The number of fused-ring (bicyclic) bond motifs is 1. The van der Waals surface area contributed by atoms with E-state index >= 15 is 0 Å². The molecule has 1 unspecified atom stereocenters. The molecule has 0 radical (unpaired) electrons. The van der Waals surface area contributed by atoms with E-state index < -0.39 is 37.0 Å². The number of hydrogen-bond acceptors (Lipinski definition) is 8. The monoisotopic (exact) mass is 418 g/mol. The quantitative estimate of drug-likeness (QED) is 0.760. The molecule has 0 amide bonds. The molecule has 7 nitrogen and oxygen atoms in total. The molecular formula is C21H22O7S. The fraction of sp³-hybridized carbons (Fsp3) is 0.381. The first-order valence-electron chi connectivity index (χ1n) is 9.27. The van der Waals surface area contributed by atoms with Gasteiger partial charge < -0.3 is 33.5 Å². The molecule has 8 heteroatoms. The molecule has 6 atom stereocenters. The molecule has 0 saturated carbocycles. The van der Waals surface area contributed by atoms with E-state index in [4.69, 9.17) is 40.6 Å². The van der Waals surface area contributed by atoms with Crippen LogP contribution >= 0.6 is 12.2 Å². The number of thiocarbonyl (C=S) groups is 1. The molecule has 0 bridgehead atoms. The second kappa shape index (κ2) is 9.17. The van der Waals surface area contributed by atoms with Crippen LogP contribution in [0, 0.1) is 0 Å². The van der Waals surface area contributed by atoms with Crippen LogP contribution in [-0.2, 0) is 23.7 Å². The highest BCUT2D eigenvalue weighted by molar-refractivity contribution is 7.79. The average molecular weight is 418 g/mol. The molecule has 0 aliphatic carbocycles. The van der Waals surface area contributed by atoms with E-state index in [2.05, 4.69) is 0 Å². The number of rotatable bonds is 4. The number of benzene rings is 2. The van der Waals surface area contributed by atoms with Crippen molar-refractivity contribution in [1.82, 2.24) is 0 Å². The topological polar surface area (TPSA) is 75.6 Å². The third-order valence-corrected chi connectivity index (χ3v) is 4.97. The summed E-state index contributed by atoms with van der Waals surface area (Å²) in [6, 6.07) is 18.6. The smallest absolute Gasteiger partial charge is 0.358 e. The molecule has 2 aromatic rings. The van der Waals surface area contributed by atoms with Crippen molar-refractivity contribution in [3.63, 3.8) is 0 Å². The Morgan fingerprint density at radius 1 is 1.03 bits per heavy atom. The van der Waals surface area contributed by atoms with Crippen molar-refractivity contribution >= 4 is 17.5 Å². The minimum Gasteiger partial charge on any atom is -0.447 e. The Labute approximate surface area is 174 Å². The summed E-state index contributed by atoms with van der Waals surface area (Å²) in [5.74, 6) is 0.536. The van der Waals surface area contributed by atoms with Gasteiger partial charge in [-0.1, -0.05) is 48.5 Å². The van der Waals surface area contributed by atoms with Gasteiger partial charge in [0.25, 0.3) is 0 Å². The number of methoxy groups -OCH3 is 1. The van der Waals surface area contributed by atoms with Gasteiger partial charge in [0.05, 0.1) is 6.61 Å². The molecule has 29 heavy (non-hydrogen) atoms. The molecule has 0 aromatic heterocycles. The predicted molar refractivity (Wildman–Crippen MR) is 106 cm³/mol. The summed E-state index contributed by atoms with van der Waals surface area (Å²) in [6.07, 6.45) is -4.62. The lowest BCUT2D eigenvalue weighted by molar-refractivity contribution is -0.356. The highest BCUT2D eigenvalue weighted by atomic mass is 32.1. The maximum atomic E-state index is 10.7. The molecule has 2 saturated heterocycles. The van der Waals surface area contributed by atoms with Gasteiger partial charge in [0.15, 0.2) is 18.7 Å². The largest absolute Gasteiger partial charge is 0.447 e. The SMILES string of the molecule is CO[C@@H]1O[C@@H]2COC(c3ccccc3)O[C@H]2[C@H](OC(=S)Oc2ccccc2)[C@H]1O. The first kappa shape index (κ1) is 20.2. The average Bonchev–Trinajstić information content (AvgIpc) is 2.76. The maximum Gasteiger partial charge on any atom is 0.358 e. The van der Waals surface area contributed by atoms with Crippen molar-refractivity contribution in [3.8, 4) is 5.75 Å². The van der Waals surface area contributed by atoms with Gasteiger partial charge in [0, 0.05) is 24.9 Å². The summed E-state index contributed by atoms with van der Waals surface area (Å²) >= 11 is 5.24. The Morgan fingerprint density at radius 3 is 2.41 bits per heavy atom. The Hall–Kier alpha value is -2.07. The van der Waals surface area contributed by atoms with E-state index in [1.807, 2.05) is 48.5 Å². The second-order valence-electron chi connectivity index (χ2n) is 6.69. The zero-order valence-corrected chi connectivity index (χ0v) is 16.6. The zero-order chi connectivity index (χ0) is 20.2. The number of aliphatic hydroxyl groups excluding tert-OH is 1. The summed E-state index contributed by atoms with van der Waals surface area (Å²) in [6.45, 7) is 0.253. The van der Waals surface area contributed by atoms with Crippen LogP contribution in [0.1, 0.15) is 11.9 Å². The molecule has 2 aliphatic rings. The normalized spacial score (nSPS) is 31.5. The van der Waals surface area contributed by atoms with Crippen LogP contribution in [0.25, 0.3) is 0 Å². The van der Waals surface area contributed by atoms with Gasteiger partial charge in [-0.05, 0) is 12.1 Å². The van der Waals surface area contributed by atoms with Gasteiger partial charge in [-0.25, -0.2) is 0 Å². The molecule has 2 heterocycles. The van der Waals surface area contributed by atoms with Crippen molar-refractivity contribution in [2.45, 2.75) is 37.0 Å². The fourth-order valence-corrected chi connectivity index (χ4v) is 3.60. The van der Waals surface area contributed by atoms with Gasteiger partial charge in [-0.2, -0.15) is 0 Å². The lowest BCUT2D eigenvalue weighted by atomic mass is 9.97. The van der Waals surface area contributed by atoms with Gasteiger partial charge >= 0.3 is 5.24 Å². The third-order valence-electron chi connectivity index (χ3n) is 4.79. The maximum absolute atomic E-state index is 10.7. The summed E-state index contributed by atoms with van der Waals surface area (Å²) in [7, 11) is 1.45. The first-order valence-corrected chi connectivity index (χ1v) is 9.68. The van der Waals surface area contributed by atoms with Crippen LogP contribution in [0.4, 0.5) is 0 Å². The Balaban J connectivity index is 1.51. The summed E-state index contributed by atoms with van der Waals surface area (Å²) in [5.41, 5.74) is 0.858. The Kier molecular flexibility index (Phi) is 6.39. The van der Waals surface area contributed by atoms with E-state index in [-0.39, 0.29) is 11.8 Å². The van der Waals surface area contributed by atoms with Crippen molar-refractivity contribution in [2.24, 2.45) is 0 Å². The molecule has 4 rings (SSSR count). The minimum atomic E-state index is -1.13. The van der Waals surface area contributed by atoms with Crippen molar-refractivity contribution in [1.29, 1.82) is 0 Å². The fourth-order valence-electron chi connectivity index (χ4n) is 3.39. The van der Waals surface area contributed by atoms with Crippen LogP contribution in [0.2, 0.25) is 0 Å². The van der Waals surface area contributed by atoms with Crippen LogP contribution in [0.3, 0.4) is 0 Å². The number of ether oxygens (including phenoxy) is 6. The van der Waals surface area contributed by atoms with Gasteiger partial charge in [0.2, 0.25) is 0 Å². The molecule has 154 valence electrons. The van der Waals surface area contributed by atoms with E-state index in [0.29, 0.717) is 5.75 Å². The molecule has 2 aliphatic heterocycles. The van der Waals surface area contributed by atoms with E-state index in [9.17, 15) is 5.11 Å². The highest BCUT2D eigenvalue weighted by Crippen LogP contribution is 2.35. The Morgan fingerprint density at radius 2 is 1.72 bits per heavy atom. The molecule has 1 N–H and O–H groups in total. The van der Waals surface area contributed by atoms with E-state index in [1.165, 1.54) is 7.11 Å². The summed E-state index contributed by atoms with van der Waals surface area (Å²) < 4.78 is 34.3. The van der Waals surface area contributed by atoms with Crippen LogP contribution in [0.5, 0.6) is 5.75 Å². The third kappa shape index (κ3) is 4.58. The number of hydrogen-bond donors (Lipinski definition) is 1. The molecule has 2 aromatic carbocycles. The molecular weight excluding hydrogens is 396 g/mol. The van der Waals surface area contributed by atoms with E-state index in [1.54, 1.807) is 12.1 Å². The number of para-hydroxylation sites is 1. The molecule has 0 spiro atoms. The van der Waals surface area contributed by atoms with E-state index in [0.717, 1.165) is 5.56 Å². The van der Waals surface area contributed by atoms with Gasteiger partial charge in [0.1, 0.15) is 24.1 Å². The summed E-state index contributed by atoms with van der Waals surface area (Å²) in [5, 5.41) is 10.6. The minimum absolute atomic E-state index is 0.123. The number of aliphatic hydroxyl groups is 1. The van der Waals surface area contributed by atoms with Gasteiger partial charge in [-0.15, -0.1) is 0 Å². The lowest BCUT2D eigenvalue weighted by Crippen LogP contribution is -2.63. The van der Waals surface area contributed by atoms with Crippen LogP contribution < -0.4 is 4.74 Å². The van der Waals surface area contributed by atoms with Crippen molar-refractivity contribution in [3.05, 3.63) is 66.2 Å². The summed E-state index contributed by atoms with van der Waals surface area (Å²) in [4.78, 5) is 0. The Bertz CT molecular complexity index is 803. The highest BCUT2D eigenvalue weighted by Gasteiger charge is 2.51. The van der Waals surface area contributed by atoms with Crippen LogP contribution in [0.15, 0.2) is 60.7 Å². The van der Waals surface area contributed by atoms with Crippen molar-refractivity contribution < 1.29 is 33.5 Å². The second-order valence-corrected chi connectivity index (χ2v) is 7.03. The standard InChI is InChI=1S/C21H22O7S/c1-23-20-16(22)18(28-21(29)25-14-10-6-3-7-11-14)17-15(26-20)12-24-19(27-17)13-8-4-2-5-9-13/h2-11,15-20,22H,12H2,1H3/t15-,16-,17-,18-,19?,20-/m1/s1. The zero-order valence-electron chi connectivity index (χ0n) is 15.7. The first-order chi connectivity index (χ1) is 14.2. The van der Waals surface area contributed by atoms with Gasteiger partial charge in [-0.3, -0.25) is 0 Å².